The molecule has 0 saturated carbocycles. The van der Waals surface area contributed by atoms with Crippen molar-refractivity contribution in [1.82, 2.24) is 0 Å². The lowest BCUT2D eigenvalue weighted by Gasteiger charge is -2.44. The van der Waals surface area contributed by atoms with Crippen molar-refractivity contribution in [1.29, 1.82) is 0 Å². The number of phenols is 2. The number of carbonyl (C=O) groups excluding carboxylic acids is 2. The van der Waals surface area contributed by atoms with E-state index in [9.17, 15) is 35.1 Å². The summed E-state index contributed by atoms with van der Waals surface area (Å²) in [5.41, 5.74) is 1.73. The van der Waals surface area contributed by atoms with E-state index in [1.165, 1.54) is 24.3 Å². The zero-order valence-electron chi connectivity index (χ0n) is 18.8. The van der Waals surface area contributed by atoms with Crippen molar-refractivity contribution < 1.29 is 44.6 Å². The summed E-state index contributed by atoms with van der Waals surface area (Å²) in [7, 11) is 0. The lowest BCUT2D eigenvalue weighted by atomic mass is 9.71. The Morgan fingerprint density at radius 2 is 1.68 bits per heavy atom. The molecule has 2 aromatic carbocycles. The van der Waals surface area contributed by atoms with Crippen molar-refractivity contribution in [3.8, 4) is 11.5 Å². The number of benzene rings is 2. The number of aliphatic hydroxyl groups is 3. The number of aromatic hydroxyl groups is 2. The predicted molar refractivity (Wildman–Crippen MR) is 118 cm³/mol. The van der Waals surface area contributed by atoms with E-state index in [0.29, 0.717) is 22.3 Å². The number of hydrogen-bond donors (Lipinski definition) is 5. The molecule has 2 aliphatic rings. The summed E-state index contributed by atoms with van der Waals surface area (Å²) in [6.07, 6.45) is -6.87. The molecule has 5 N–H and O–H groups in total. The number of aliphatic hydroxyl groups excluding tert-OH is 3. The van der Waals surface area contributed by atoms with Gasteiger partial charge in [0.25, 0.3) is 0 Å². The summed E-state index contributed by atoms with van der Waals surface area (Å²) >= 11 is 0. The molecule has 0 radical (unpaired) electrons. The van der Waals surface area contributed by atoms with Crippen molar-refractivity contribution in [2.45, 2.75) is 57.4 Å². The van der Waals surface area contributed by atoms with Crippen LogP contribution in [-0.2, 0) is 14.3 Å². The van der Waals surface area contributed by atoms with Gasteiger partial charge in [-0.25, -0.2) is 4.79 Å². The smallest absolute Gasteiger partial charge is 0.331 e. The van der Waals surface area contributed by atoms with Gasteiger partial charge in [-0.05, 0) is 49.6 Å². The minimum atomic E-state index is -1.79. The number of rotatable bonds is 3. The van der Waals surface area contributed by atoms with Gasteiger partial charge in [-0.15, -0.1) is 0 Å². The average molecular weight is 470 g/mol. The van der Waals surface area contributed by atoms with Crippen LogP contribution in [0, 0.1) is 6.92 Å². The van der Waals surface area contributed by atoms with Crippen LogP contribution in [0.25, 0.3) is 0 Å². The molecule has 1 fully saturated rings. The number of ketones is 1. The molecule has 180 valence electrons. The average Bonchev–Trinajstić information content (AvgIpc) is 2.73. The lowest BCUT2D eigenvalue weighted by molar-refractivity contribution is -0.287. The van der Waals surface area contributed by atoms with Crippen LogP contribution in [0.3, 0.4) is 0 Å². The van der Waals surface area contributed by atoms with Gasteiger partial charge in [0, 0.05) is 12.0 Å². The van der Waals surface area contributed by atoms with Gasteiger partial charge in [0.2, 0.25) is 5.78 Å². The molecule has 34 heavy (non-hydrogen) atoms. The number of ether oxygens (including phenoxy) is 2. The van der Waals surface area contributed by atoms with E-state index >= 15 is 0 Å². The van der Waals surface area contributed by atoms with Gasteiger partial charge in [-0.2, -0.15) is 0 Å². The second-order valence-corrected chi connectivity index (χ2v) is 8.89. The number of esters is 1. The molecule has 9 nitrogen and oxygen atoms in total. The first kappa shape index (κ1) is 23.9. The van der Waals surface area contributed by atoms with Crippen LogP contribution >= 0.6 is 0 Å². The first-order valence-corrected chi connectivity index (χ1v) is 10.8. The fraction of sp³-hybridized carbons (Fsp3) is 0.360. The van der Waals surface area contributed by atoms with Crippen LogP contribution in [0.1, 0.15) is 52.4 Å². The third-order valence-electron chi connectivity index (χ3n) is 6.08. The zero-order chi connectivity index (χ0) is 24.9. The molecule has 0 bridgehead atoms. The number of fused-ring (bicyclic) bond motifs is 2. The Balaban J connectivity index is 1.79. The monoisotopic (exact) mass is 470 g/mol. The molecular weight excluding hydrogens is 444 g/mol. The van der Waals surface area contributed by atoms with E-state index in [-0.39, 0.29) is 22.6 Å². The molecule has 0 unspecified atom stereocenters. The minimum Gasteiger partial charge on any atom is -0.507 e. The first-order valence-electron chi connectivity index (χ1n) is 10.8. The highest BCUT2D eigenvalue weighted by Crippen LogP contribution is 2.47. The lowest BCUT2D eigenvalue weighted by Crippen LogP contribution is -2.60. The summed E-state index contributed by atoms with van der Waals surface area (Å²) < 4.78 is 10.8. The van der Waals surface area contributed by atoms with E-state index in [1.54, 1.807) is 32.9 Å². The second-order valence-electron chi connectivity index (χ2n) is 8.89. The Bertz CT molecular complexity index is 1180. The maximum atomic E-state index is 13.2. The number of allylic oxidation sites excluding steroid dienone is 1. The third-order valence-corrected chi connectivity index (χ3v) is 6.08. The second kappa shape index (κ2) is 8.84. The SMILES string of the molecule is CC(C)=CC(=O)O[C@@H]1[C@H](O)[C@@H](O)[C@@H]([C@@H]2c3cccc(O)c3C(=O)c3c(O)cc(C)cc32)O[C@@H]1O. The third kappa shape index (κ3) is 3.97. The quantitative estimate of drug-likeness (QED) is 0.331. The Morgan fingerprint density at radius 1 is 1.00 bits per heavy atom. The molecule has 2 aromatic rings. The minimum absolute atomic E-state index is 0.0681. The van der Waals surface area contributed by atoms with Crippen LogP contribution in [0.15, 0.2) is 42.0 Å². The Hall–Kier alpha value is -3.24. The van der Waals surface area contributed by atoms with E-state index in [4.69, 9.17) is 9.47 Å². The van der Waals surface area contributed by atoms with Crippen molar-refractivity contribution in [2.24, 2.45) is 0 Å². The van der Waals surface area contributed by atoms with Gasteiger partial charge >= 0.3 is 5.97 Å². The number of aryl methyl sites for hydroxylation is 1. The van der Waals surface area contributed by atoms with Crippen LogP contribution < -0.4 is 0 Å². The number of carbonyl (C=O) groups is 2. The van der Waals surface area contributed by atoms with Crippen LogP contribution in [0.2, 0.25) is 0 Å². The number of phenolic OH excluding ortho intramolecular Hbond substituents is 2. The summed E-state index contributed by atoms with van der Waals surface area (Å²) in [4.78, 5) is 25.2. The summed E-state index contributed by atoms with van der Waals surface area (Å²) in [5, 5.41) is 53.3. The fourth-order valence-corrected chi connectivity index (χ4v) is 4.68. The fourth-order valence-electron chi connectivity index (χ4n) is 4.68. The molecule has 1 heterocycles. The van der Waals surface area contributed by atoms with Crippen LogP contribution in [-0.4, -0.2) is 68.0 Å². The van der Waals surface area contributed by atoms with Crippen molar-refractivity contribution >= 4 is 11.8 Å². The molecule has 1 aliphatic carbocycles. The van der Waals surface area contributed by atoms with Crippen LogP contribution in [0.4, 0.5) is 0 Å². The van der Waals surface area contributed by atoms with E-state index in [1.807, 2.05) is 0 Å². The first-order chi connectivity index (χ1) is 16.0. The van der Waals surface area contributed by atoms with Crippen molar-refractivity contribution in [3.63, 3.8) is 0 Å². The largest absolute Gasteiger partial charge is 0.507 e. The van der Waals surface area contributed by atoms with E-state index in [2.05, 4.69) is 0 Å². The Morgan fingerprint density at radius 3 is 2.35 bits per heavy atom. The summed E-state index contributed by atoms with van der Waals surface area (Å²) in [6, 6.07) is 7.45. The van der Waals surface area contributed by atoms with Gasteiger partial charge in [-0.3, -0.25) is 4.79 Å². The Labute approximate surface area is 195 Å². The highest BCUT2D eigenvalue weighted by molar-refractivity contribution is 6.16. The van der Waals surface area contributed by atoms with Gasteiger partial charge in [0.05, 0.1) is 11.1 Å². The topological polar surface area (TPSA) is 154 Å². The molecular formula is C25H26O9. The maximum Gasteiger partial charge on any atom is 0.331 e. The van der Waals surface area contributed by atoms with E-state index in [0.717, 1.165) is 0 Å². The normalized spacial score (nSPS) is 28.0. The molecule has 0 spiro atoms. The highest BCUT2D eigenvalue weighted by Gasteiger charge is 2.51. The molecule has 4 rings (SSSR count). The molecule has 0 amide bonds. The van der Waals surface area contributed by atoms with Crippen LogP contribution in [0.5, 0.6) is 11.5 Å². The predicted octanol–water partition coefficient (Wildman–Crippen LogP) is 1.40. The molecule has 6 atom stereocenters. The van der Waals surface area contributed by atoms with Gasteiger partial charge < -0.3 is 35.0 Å². The van der Waals surface area contributed by atoms with Crippen molar-refractivity contribution in [2.75, 3.05) is 0 Å². The maximum absolute atomic E-state index is 13.2. The molecule has 0 aromatic heterocycles. The Kier molecular flexibility index (Phi) is 6.22. The summed E-state index contributed by atoms with van der Waals surface area (Å²) in [6.45, 7) is 5.05. The molecule has 9 heteroatoms. The molecule has 1 saturated heterocycles. The van der Waals surface area contributed by atoms with Gasteiger partial charge in [0.15, 0.2) is 12.4 Å². The van der Waals surface area contributed by atoms with Crippen molar-refractivity contribution in [3.05, 3.63) is 69.8 Å². The van der Waals surface area contributed by atoms with E-state index < -0.39 is 48.4 Å². The molecule has 1 aliphatic heterocycles. The van der Waals surface area contributed by atoms with Gasteiger partial charge in [0.1, 0.15) is 29.8 Å². The number of hydrogen-bond acceptors (Lipinski definition) is 9. The van der Waals surface area contributed by atoms with Gasteiger partial charge in [-0.1, -0.05) is 23.8 Å². The zero-order valence-corrected chi connectivity index (χ0v) is 18.8. The summed E-state index contributed by atoms with van der Waals surface area (Å²) in [5.74, 6) is -3.00. The highest BCUT2D eigenvalue weighted by atomic mass is 16.7. The standard InChI is InChI=1S/C25H26O9/c1-10(2)7-16(28)33-24-22(31)21(30)23(34-25(24)32)17-12-5-4-6-14(26)18(12)20(29)19-13(17)8-11(3)9-15(19)27/h4-9,17,21-27,30-32H,1-3H3/t17-,21-,22-,23-,24-,25+/m1/s1.